The van der Waals surface area contributed by atoms with Gasteiger partial charge in [0.25, 0.3) is 0 Å². The molecule has 0 spiro atoms. The normalized spacial score (nSPS) is 21.8. The van der Waals surface area contributed by atoms with Gasteiger partial charge in [-0.25, -0.2) is 4.79 Å². The van der Waals surface area contributed by atoms with Gasteiger partial charge in [0, 0.05) is 33.2 Å². The molecule has 0 aliphatic carbocycles. The third-order valence-corrected chi connectivity index (χ3v) is 4.23. The number of hydrogen-bond acceptors (Lipinski definition) is 5. The number of hydrogen-bond donors (Lipinski definition) is 1. The van der Waals surface area contributed by atoms with Crippen LogP contribution in [0, 0.1) is 0 Å². The second-order valence-corrected chi connectivity index (χ2v) is 7.37. The van der Waals surface area contributed by atoms with E-state index in [0.29, 0.717) is 13.1 Å². The summed E-state index contributed by atoms with van der Waals surface area (Å²) in [7, 11) is 1.73. The maximum Gasteiger partial charge on any atom is 0.410 e. The van der Waals surface area contributed by atoms with E-state index in [4.69, 9.17) is 4.74 Å². The highest BCUT2D eigenvalue weighted by Gasteiger charge is 2.52. The van der Waals surface area contributed by atoms with Crippen LogP contribution in [-0.2, 0) is 14.3 Å². The standard InChI is InChI=1S/C15H25N3O5/c1-14(2,3)23-13(22)17-9-15(10-17,7-12(20)21)18-6-5-16(4)11(19)8-18/h5-10H2,1-4H3,(H,20,21). The minimum Gasteiger partial charge on any atom is -0.481 e. The van der Waals surface area contributed by atoms with E-state index in [1.54, 1.807) is 32.7 Å². The van der Waals surface area contributed by atoms with Crippen molar-refractivity contribution in [2.45, 2.75) is 38.3 Å². The van der Waals surface area contributed by atoms with Crippen LogP contribution < -0.4 is 0 Å². The minimum atomic E-state index is -0.930. The second kappa shape index (κ2) is 5.99. The number of likely N-dealkylation sites (N-methyl/N-ethyl adjacent to an activating group) is 1. The average Bonchev–Trinajstić information content (AvgIpc) is 2.34. The molecule has 2 saturated heterocycles. The van der Waals surface area contributed by atoms with Crippen LogP contribution >= 0.6 is 0 Å². The third kappa shape index (κ3) is 3.93. The largest absolute Gasteiger partial charge is 0.481 e. The predicted octanol–water partition coefficient (Wildman–Crippen LogP) is 0.225. The summed E-state index contributed by atoms with van der Waals surface area (Å²) in [6, 6.07) is 0. The first-order valence-electron chi connectivity index (χ1n) is 7.71. The molecular formula is C15H25N3O5. The SMILES string of the molecule is CN1CCN(C2(CC(=O)O)CN(C(=O)OC(C)(C)C)C2)CC1=O. The maximum atomic E-state index is 12.1. The summed E-state index contributed by atoms with van der Waals surface area (Å²) in [6.07, 6.45) is -0.539. The van der Waals surface area contributed by atoms with Crippen molar-refractivity contribution in [1.29, 1.82) is 0 Å². The van der Waals surface area contributed by atoms with Crippen molar-refractivity contribution in [2.75, 3.05) is 39.8 Å². The molecule has 2 fully saturated rings. The Morgan fingerprint density at radius 2 is 1.87 bits per heavy atom. The molecule has 2 amide bonds. The molecule has 0 radical (unpaired) electrons. The van der Waals surface area contributed by atoms with Crippen LogP contribution in [0.4, 0.5) is 4.79 Å². The summed E-state index contributed by atoms with van der Waals surface area (Å²) >= 11 is 0. The summed E-state index contributed by atoms with van der Waals surface area (Å²) in [4.78, 5) is 40.3. The number of nitrogens with zero attached hydrogens (tertiary/aromatic N) is 3. The lowest BCUT2D eigenvalue weighted by Crippen LogP contribution is -2.74. The van der Waals surface area contributed by atoms with E-state index >= 15 is 0 Å². The lowest BCUT2D eigenvalue weighted by molar-refractivity contribution is -0.153. The van der Waals surface area contributed by atoms with E-state index in [2.05, 4.69) is 0 Å². The monoisotopic (exact) mass is 327 g/mol. The molecule has 0 atom stereocenters. The van der Waals surface area contributed by atoms with Gasteiger partial charge in [-0.15, -0.1) is 0 Å². The van der Waals surface area contributed by atoms with Gasteiger partial charge in [0.15, 0.2) is 0 Å². The maximum absolute atomic E-state index is 12.1. The molecule has 23 heavy (non-hydrogen) atoms. The topological polar surface area (TPSA) is 90.4 Å². The Morgan fingerprint density at radius 3 is 2.35 bits per heavy atom. The zero-order valence-corrected chi connectivity index (χ0v) is 14.2. The molecular weight excluding hydrogens is 302 g/mol. The van der Waals surface area contributed by atoms with E-state index in [1.165, 1.54) is 4.90 Å². The van der Waals surface area contributed by atoms with E-state index in [0.717, 1.165) is 0 Å². The van der Waals surface area contributed by atoms with Gasteiger partial charge < -0.3 is 19.6 Å². The smallest absolute Gasteiger partial charge is 0.410 e. The van der Waals surface area contributed by atoms with Gasteiger partial charge in [-0.05, 0) is 20.8 Å². The number of carbonyl (C=O) groups excluding carboxylic acids is 2. The Hall–Kier alpha value is -1.83. The lowest BCUT2D eigenvalue weighted by atomic mass is 9.84. The molecule has 0 aromatic rings. The highest BCUT2D eigenvalue weighted by molar-refractivity contribution is 5.79. The zero-order valence-electron chi connectivity index (χ0n) is 14.2. The van der Waals surface area contributed by atoms with Gasteiger partial charge in [-0.1, -0.05) is 0 Å². The Morgan fingerprint density at radius 1 is 1.26 bits per heavy atom. The van der Waals surface area contributed by atoms with Crippen molar-refractivity contribution in [3.63, 3.8) is 0 Å². The molecule has 0 bridgehead atoms. The van der Waals surface area contributed by atoms with E-state index < -0.39 is 23.2 Å². The molecule has 0 aromatic heterocycles. The predicted molar refractivity (Wildman–Crippen MR) is 82.0 cm³/mol. The number of piperazine rings is 1. The molecule has 0 aromatic carbocycles. The molecule has 2 aliphatic heterocycles. The average molecular weight is 327 g/mol. The fourth-order valence-corrected chi connectivity index (χ4v) is 2.99. The van der Waals surface area contributed by atoms with Gasteiger partial charge in [0.1, 0.15) is 5.60 Å². The first kappa shape index (κ1) is 17.5. The summed E-state index contributed by atoms with van der Waals surface area (Å²) in [5.41, 5.74) is -1.27. The zero-order chi connectivity index (χ0) is 17.4. The summed E-state index contributed by atoms with van der Waals surface area (Å²) in [5, 5.41) is 9.22. The van der Waals surface area contributed by atoms with Crippen LogP contribution in [0.5, 0.6) is 0 Å². The third-order valence-electron chi connectivity index (χ3n) is 4.23. The Kier molecular flexibility index (Phi) is 4.57. The molecule has 0 saturated carbocycles. The van der Waals surface area contributed by atoms with Crippen molar-refractivity contribution in [1.82, 2.24) is 14.7 Å². The number of rotatable bonds is 3. The van der Waals surface area contributed by atoms with Crippen LogP contribution in [0.25, 0.3) is 0 Å². The fraction of sp³-hybridized carbons (Fsp3) is 0.800. The number of carboxylic acids is 1. The van der Waals surface area contributed by atoms with Crippen LogP contribution in [0.15, 0.2) is 0 Å². The number of likely N-dealkylation sites (tertiary alicyclic amines) is 1. The van der Waals surface area contributed by atoms with Crippen molar-refractivity contribution in [3.8, 4) is 0 Å². The van der Waals surface area contributed by atoms with Crippen LogP contribution in [-0.4, -0.2) is 88.7 Å². The number of aliphatic carboxylic acids is 1. The number of amides is 2. The van der Waals surface area contributed by atoms with Gasteiger partial charge in [-0.3, -0.25) is 14.5 Å². The molecule has 1 N–H and O–H groups in total. The molecule has 0 unspecified atom stereocenters. The molecule has 130 valence electrons. The van der Waals surface area contributed by atoms with Crippen LogP contribution in [0.2, 0.25) is 0 Å². The van der Waals surface area contributed by atoms with Crippen molar-refractivity contribution >= 4 is 18.0 Å². The number of ether oxygens (including phenoxy) is 1. The molecule has 2 heterocycles. The summed E-state index contributed by atoms with van der Waals surface area (Å²) < 4.78 is 5.31. The van der Waals surface area contributed by atoms with Gasteiger partial charge in [0.05, 0.1) is 18.5 Å². The number of carboxylic acid groups (broad SMARTS) is 1. The van der Waals surface area contributed by atoms with Gasteiger partial charge in [0.2, 0.25) is 5.91 Å². The van der Waals surface area contributed by atoms with Crippen molar-refractivity contribution in [2.24, 2.45) is 0 Å². The summed E-state index contributed by atoms with van der Waals surface area (Å²) in [5.74, 6) is -0.961. The highest BCUT2D eigenvalue weighted by Crippen LogP contribution is 2.33. The van der Waals surface area contributed by atoms with Crippen LogP contribution in [0.1, 0.15) is 27.2 Å². The van der Waals surface area contributed by atoms with Gasteiger partial charge in [-0.2, -0.15) is 0 Å². The Bertz CT molecular complexity index is 508. The minimum absolute atomic E-state index is 0.0308. The van der Waals surface area contributed by atoms with E-state index in [1.807, 2.05) is 4.90 Å². The van der Waals surface area contributed by atoms with E-state index in [9.17, 15) is 19.5 Å². The Labute approximate surface area is 136 Å². The van der Waals surface area contributed by atoms with Crippen molar-refractivity contribution in [3.05, 3.63) is 0 Å². The van der Waals surface area contributed by atoms with Crippen LogP contribution in [0.3, 0.4) is 0 Å². The fourth-order valence-electron chi connectivity index (χ4n) is 2.99. The first-order chi connectivity index (χ1) is 10.5. The Balaban J connectivity index is 2.05. The van der Waals surface area contributed by atoms with Gasteiger partial charge >= 0.3 is 12.1 Å². The lowest BCUT2D eigenvalue weighted by Gasteiger charge is -2.56. The first-order valence-corrected chi connectivity index (χ1v) is 7.71. The summed E-state index contributed by atoms with van der Waals surface area (Å²) in [6.45, 7) is 7.25. The number of carbonyl (C=O) groups is 3. The molecule has 2 rings (SSSR count). The van der Waals surface area contributed by atoms with Crippen molar-refractivity contribution < 1.29 is 24.2 Å². The highest BCUT2D eigenvalue weighted by atomic mass is 16.6. The second-order valence-electron chi connectivity index (χ2n) is 7.37. The molecule has 2 aliphatic rings. The molecule has 8 heteroatoms. The molecule has 8 nitrogen and oxygen atoms in total. The van der Waals surface area contributed by atoms with E-state index in [-0.39, 0.29) is 32.0 Å². The quantitative estimate of drug-likeness (QED) is 0.798.